The van der Waals surface area contributed by atoms with Gasteiger partial charge in [0.1, 0.15) is 5.75 Å². The van der Waals surface area contributed by atoms with Gasteiger partial charge in [0.05, 0.1) is 38.5 Å². The lowest BCUT2D eigenvalue weighted by atomic mass is 9.97. The van der Waals surface area contributed by atoms with Gasteiger partial charge in [-0.1, -0.05) is 19.4 Å². The van der Waals surface area contributed by atoms with Crippen LogP contribution < -0.4 is 10.1 Å². The Morgan fingerprint density at radius 1 is 1.11 bits per heavy atom. The molecule has 0 bridgehead atoms. The number of hydrogen-bond donors (Lipinski definition) is 1. The van der Waals surface area contributed by atoms with Gasteiger partial charge in [0.25, 0.3) is 6.43 Å². The van der Waals surface area contributed by atoms with Crippen LogP contribution in [0.4, 0.5) is 19.3 Å². The molecule has 2 heterocycles. The normalized spacial score (nSPS) is 17.5. The van der Waals surface area contributed by atoms with E-state index in [0.29, 0.717) is 55.7 Å². The van der Waals surface area contributed by atoms with Crippen LogP contribution >= 0.6 is 0 Å². The van der Waals surface area contributed by atoms with Crippen LogP contribution in [-0.2, 0) is 16.0 Å². The van der Waals surface area contributed by atoms with E-state index >= 15 is 0 Å². The van der Waals surface area contributed by atoms with Crippen LogP contribution in [0.25, 0.3) is 10.9 Å². The zero-order valence-electron chi connectivity index (χ0n) is 26.6. The van der Waals surface area contributed by atoms with E-state index < -0.39 is 18.5 Å². The quantitative estimate of drug-likeness (QED) is 0.171. The van der Waals surface area contributed by atoms with Crippen molar-refractivity contribution in [2.45, 2.75) is 58.5 Å². The number of ether oxygens (including phenoxy) is 3. The predicted molar refractivity (Wildman–Crippen MR) is 169 cm³/mol. The second kappa shape index (κ2) is 14.6. The molecule has 1 saturated carbocycles. The predicted octanol–water partition coefficient (Wildman–Crippen LogP) is 6.48. The number of nitrogens with zero attached hydrogens (tertiary/aromatic N) is 3. The van der Waals surface area contributed by atoms with E-state index in [4.69, 9.17) is 14.2 Å². The summed E-state index contributed by atoms with van der Waals surface area (Å²) in [6, 6.07) is 9.21. The van der Waals surface area contributed by atoms with Crippen LogP contribution in [0.15, 0.2) is 36.5 Å². The molecule has 244 valence electrons. The summed E-state index contributed by atoms with van der Waals surface area (Å²) >= 11 is 0. The molecule has 11 heteroatoms. The Morgan fingerprint density at radius 2 is 1.91 bits per heavy atom. The summed E-state index contributed by atoms with van der Waals surface area (Å²) in [5.74, 6) is 0.849. The molecule has 1 N–H and O–H groups in total. The van der Waals surface area contributed by atoms with Crippen molar-refractivity contribution in [1.82, 2.24) is 14.4 Å². The minimum atomic E-state index is -2.44. The average Bonchev–Trinajstić information content (AvgIpc) is 3.76. The number of alkyl halides is 2. The van der Waals surface area contributed by atoms with E-state index in [9.17, 15) is 18.4 Å². The molecule has 2 aromatic carbocycles. The van der Waals surface area contributed by atoms with Gasteiger partial charge in [-0.25, -0.2) is 18.4 Å². The molecule has 3 aromatic rings. The molecule has 2 fully saturated rings. The molecule has 1 aromatic heterocycles. The minimum absolute atomic E-state index is 0.243. The maximum atomic E-state index is 13.5. The molecule has 2 aliphatic rings. The zero-order valence-corrected chi connectivity index (χ0v) is 26.6. The minimum Gasteiger partial charge on any atom is -0.496 e. The highest BCUT2D eigenvalue weighted by atomic mass is 19.3. The molecule has 0 radical (unpaired) electrons. The number of hydrogen-bond acceptors (Lipinski definition) is 8. The highest BCUT2D eigenvalue weighted by Crippen LogP contribution is 2.37. The monoisotopic (exact) mass is 626 g/mol. The van der Waals surface area contributed by atoms with Crippen molar-refractivity contribution in [2.75, 3.05) is 58.9 Å². The number of aromatic nitrogens is 1. The molecule has 5 rings (SSSR count). The van der Waals surface area contributed by atoms with Crippen molar-refractivity contribution >= 4 is 28.7 Å². The Kier molecular flexibility index (Phi) is 10.6. The standard InChI is InChI=1S/C34H44F2N4O5/c1-5-6-15-45-34(42)40-12-11-25-27(30(43-3)16-22(2)32(25)40)19-39-14-13-38(21-31(35)36)20-29(39)24-9-10-26(33(41)44-4)28(17-24)37-18-23-7-8-23/h9-12,16-17,23,29,31,37H,5-8,13-15,18-21H2,1-4H3/t29-/m1/s1. The van der Waals surface area contributed by atoms with E-state index in [0.717, 1.165) is 59.8 Å². The fourth-order valence-corrected chi connectivity index (χ4v) is 6.16. The average molecular weight is 627 g/mol. The van der Waals surface area contributed by atoms with Gasteiger partial charge in [-0.2, -0.15) is 0 Å². The highest BCUT2D eigenvalue weighted by Gasteiger charge is 2.32. The smallest absolute Gasteiger partial charge is 0.418 e. The van der Waals surface area contributed by atoms with Gasteiger partial charge in [-0.3, -0.25) is 14.4 Å². The van der Waals surface area contributed by atoms with Gasteiger partial charge in [-0.05, 0) is 67.5 Å². The van der Waals surface area contributed by atoms with Crippen LogP contribution in [0.5, 0.6) is 5.75 Å². The third kappa shape index (κ3) is 7.58. The molecule has 45 heavy (non-hydrogen) atoms. The summed E-state index contributed by atoms with van der Waals surface area (Å²) in [5.41, 5.74) is 4.59. The second-order valence-corrected chi connectivity index (χ2v) is 12.0. The molecule has 1 atom stereocenters. The molecule has 0 spiro atoms. The van der Waals surface area contributed by atoms with Gasteiger partial charge in [0, 0.05) is 61.6 Å². The maximum absolute atomic E-state index is 13.5. The van der Waals surface area contributed by atoms with Crippen LogP contribution in [-0.4, -0.2) is 86.4 Å². The van der Waals surface area contributed by atoms with Crippen molar-refractivity contribution in [2.24, 2.45) is 5.92 Å². The van der Waals surface area contributed by atoms with E-state index in [-0.39, 0.29) is 12.6 Å². The summed E-state index contributed by atoms with van der Waals surface area (Å²) in [7, 11) is 2.99. The van der Waals surface area contributed by atoms with Crippen molar-refractivity contribution in [3.8, 4) is 5.75 Å². The number of aryl methyl sites for hydroxylation is 1. The number of unbranched alkanes of at least 4 members (excludes halogenated alkanes) is 1. The SMILES string of the molecule is CCCCOC(=O)n1ccc2c(CN3CCN(CC(F)F)C[C@@H]3c3ccc(C(=O)OC)c(NCC4CC4)c3)c(OC)cc(C)c21. The topological polar surface area (TPSA) is 85.3 Å². The molecule has 1 saturated heterocycles. The number of carbonyl (C=O) groups excluding carboxylic acids is 2. The molecular formula is C34H44F2N4O5. The van der Waals surface area contributed by atoms with E-state index in [1.165, 1.54) is 7.11 Å². The summed E-state index contributed by atoms with van der Waals surface area (Å²) in [4.78, 5) is 29.6. The number of methoxy groups -OCH3 is 2. The Labute approximate surface area is 263 Å². The molecule has 0 amide bonds. The lowest BCUT2D eigenvalue weighted by Crippen LogP contribution is -2.49. The first kappa shape index (κ1) is 32.7. The number of nitrogens with one attached hydrogen (secondary N) is 1. The number of rotatable bonds is 13. The van der Waals surface area contributed by atoms with Crippen LogP contribution in [0.1, 0.15) is 65.7 Å². The molecular weight excluding hydrogens is 582 g/mol. The van der Waals surface area contributed by atoms with Gasteiger partial charge >= 0.3 is 12.1 Å². The summed E-state index contributed by atoms with van der Waals surface area (Å²) < 4.78 is 45.0. The third-order valence-electron chi connectivity index (χ3n) is 8.81. The Balaban J connectivity index is 1.51. The zero-order chi connectivity index (χ0) is 32.1. The van der Waals surface area contributed by atoms with Crippen LogP contribution in [0, 0.1) is 12.8 Å². The van der Waals surface area contributed by atoms with Crippen molar-refractivity contribution < 1.29 is 32.6 Å². The highest BCUT2D eigenvalue weighted by molar-refractivity contribution is 5.96. The fourth-order valence-electron chi connectivity index (χ4n) is 6.16. The summed E-state index contributed by atoms with van der Waals surface area (Å²) in [6.07, 6.45) is 2.90. The molecule has 9 nitrogen and oxygen atoms in total. The molecule has 0 unspecified atom stereocenters. The van der Waals surface area contributed by atoms with Crippen molar-refractivity contribution in [1.29, 1.82) is 0 Å². The molecule has 1 aliphatic heterocycles. The number of fused-ring (bicyclic) bond motifs is 1. The Morgan fingerprint density at radius 3 is 2.60 bits per heavy atom. The number of piperazine rings is 1. The lowest BCUT2D eigenvalue weighted by Gasteiger charge is -2.42. The van der Waals surface area contributed by atoms with Crippen molar-refractivity contribution in [3.05, 3.63) is 58.8 Å². The maximum Gasteiger partial charge on any atom is 0.418 e. The van der Waals surface area contributed by atoms with Gasteiger partial charge in [0.2, 0.25) is 0 Å². The fraction of sp³-hybridized carbons (Fsp3) is 0.529. The number of carbonyl (C=O) groups is 2. The van der Waals surface area contributed by atoms with Gasteiger partial charge < -0.3 is 19.5 Å². The Hall–Kier alpha value is -3.70. The van der Waals surface area contributed by atoms with Crippen LogP contribution in [0.3, 0.4) is 0 Å². The number of anilines is 1. The lowest BCUT2D eigenvalue weighted by molar-refractivity contribution is 0.0245. The number of halogens is 2. The number of benzene rings is 2. The first-order valence-corrected chi connectivity index (χ1v) is 15.8. The van der Waals surface area contributed by atoms with E-state index in [1.54, 1.807) is 28.8 Å². The van der Waals surface area contributed by atoms with Crippen LogP contribution in [0.2, 0.25) is 0 Å². The van der Waals surface area contributed by atoms with E-state index in [2.05, 4.69) is 10.2 Å². The van der Waals surface area contributed by atoms with E-state index in [1.807, 2.05) is 38.1 Å². The second-order valence-electron chi connectivity index (χ2n) is 12.0. The molecule has 1 aliphatic carbocycles. The van der Waals surface area contributed by atoms with Crippen molar-refractivity contribution in [3.63, 3.8) is 0 Å². The largest absolute Gasteiger partial charge is 0.496 e. The third-order valence-corrected chi connectivity index (χ3v) is 8.81. The summed E-state index contributed by atoms with van der Waals surface area (Å²) in [5, 5.41) is 4.31. The number of esters is 1. The first-order valence-electron chi connectivity index (χ1n) is 15.8. The first-order chi connectivity index (χ1) is 21.7. The summed E-state index contributed by atoms with van der Waals surface area (Å²) in [6.45, 7) is 6.67. The van der Waals surface area contributed by atoms with Gasteiger partial charge in [0.15, 0.2) is 0 Å². The van der Waals surface area contributed by atoms with Gasteiger partial charge in [-0.15, -0.1) is 0 Å². The Bertz CT molecular complexity index is 1510.